The van der Waals surface area contributed by atoms with E-state index < -0.39 is 0 Å². The monoisotopic (exact) mass is 166 g/mol. The van der Waals surface area contributed by atoms with E-state index in [0.29, 0.717) is 29.9 Å². The summed E-state index contributed by atoms with van der Waals surface area (Å²) >= 11 is 0. The maximum absolute atomic E-state index is 10.2. The Balaban J connectivity index is 2.19. The number of aromatic nitrogens is 2. The van der Waals surface area contributed by atoms with Gasteiger partial charge in [-0.1, -0.05) is 19.0 Å². The lowest BCUT2D eigenvalue weighted by molar-refractivity contribution is 0.111. The highest BCUT2D eigenvalue weighted by Crippen LogP contribution is 2.52. The van der Waals surface area contributed by atoms with Crippen LogP contribution in [0.5, 0.6) is 0 Å². The summed E-state index contributed by atoms with van der Waals surface area (Å²) in [5.41, 5.74) is 0. The molecule has 1 fully saturated rings. The third-order valence-electron chi connectivity index (χ3n) is 2.67. The number of hydrogen-bond donors (Lipinski definition) is 0. The molecule has 0 spiro atoms. The predicted molar refractivity (Wildman–Crippen MR) is 40.8 cm³/mol. The summed E-state index contributed by atoms with van der Waals surface area (Å²) in [7, 11) is 0. The number of rotatable bonds is 2. The van der Waals surface area contributed by atoms with E-state index in [0.717, 1.165) is 0 Å². The van der Waals surface area contributed by atoms with Gasteiger partial charge >= 0.3 is 0 Å². The molecule has 1 unspecified atom stereocenters. The SMILES string of the molecule is C[C@@H]1C(c2nc(C=O)no2)[C@@H]1C. The highest BCUT2D eigenvalue weighted by molar-refractivity contribution is 5.68. The Labute approximate surface area is 70.0 Å². The first-order valence-corrected chi connectivity index (χ1v) is 4.03. The van der Waals surface area contributed by atoms with E-state index in [-0.39, 0.29) is 5.82 Å². The summed E-state index contributed by atoms with van der Waals surface area (Å²) in [5, 5.41) is 3.51. The molecule has 0 N–H and O–H groups in total. The van der Waals surface area contributed by atoms with Gasteiger partial charge in [0.25, 0.3) is 0 Å². The van der Waals surface area contributed by atoms with Crippen molar-refractivity contribution in [3.05, 3.63) is 11.7 Å². The number of carbonyl (C=O) groups excluding carboxylic acids is 1. The van der Waals surface area contributed by atoms with Crippen molar-refractivity contribution in [1.29, 1.82) is 0 Å². The van der Waals surface area contributed by atoms with Crippen molar-refractivity contribution < 1.29 is 9.32 Å². The van der Waals surface area contributed by atoms with Crippen LogP contribution in [0.2, 0.25) is 0 Å². The van der Waals surface area contributed by atoms with Gasteiger partial charge in [0.15, 0.2) is 6.29 Å². The standard InChI is InChI=1S/C8H10N2O2/c1-4-5(2)7(4)8-9-6(3-11)10-12-8/h3-5,7H,1-2H3/t4-,5+,7?. The van der Waals surface area contributed by atoms with E-state index in [1.165, 1.54) is 0 Å². The van der Waals surface area contributed by atoms with Gasteiger partial charge in [0, 0.05) is 5.92 Å². The van der Waals surface area contributed by atoms with E-state index in [9.17, 15) is 4.79 Å². The first-order chi connectivity index (χ1) is 5.74. The second-order valence-corrected chi connectivity index (χ2v) is 3.35. The molecule has 12 heavy (non-hydrogen) atoms. The summed E-state index contributed by atoms with van der Waals surface area (Å²) < 4.78 is 4.93. The maximum atomic E-state index is 10.2. The lowest BCUT2D eigenvalue weighted by Gasteiger charge is -1.83. The van der Waals surface area contributed by atoms with Crippen LogP contribution < -0.4 is 0 Å². The molecule has 1 heterocycles. The Hall–Kier alpha value is -1.19. The summed E-state index contributed by atoms with van der Waals surface area (Å²) in [6.45, 7) is 4.28. The summed E-state index contributed by atoms with van der Waals surface area (Å²) in [4.78, 5) is 14.2. The molecule has 0 saturated heterocycles. The average Bonchev–Trinajstić information content (AvgIpc) is 2.57. The Bertz CT molecular complexity index is 300. The molecule has 1 aromatic rings. The maximum Gasteiger partial charge on any atom is 0.235 e. The minimum atomic E-state index is 0.149. The molecule has 0 aliphatic heterocycles. The molecule has 4 nitrogen and oxygen atoms in total. The fraction of sp³-hybridized carbons (Fsp3) is 0.625. The Morgan fingerprint density at radius 3 is 2.50 bits per heavy atom. The van der Waals surface area contributed by atoms with Gasteiger partial charge in [0.2, 0.25) is 11.7 Å². The molecule has 1 aromatic heterocycles. The smallest absolute Gasteiger partial charge is 0.235 e. The normalized spacial score (nSPS) is 33.3. The Morgan fingerprint density at radius 2 is 2.08 bits per heavy atom. The van der Waals surface area contributed by atoms with Crippen molar-refractivity contribution in [3.63, 3.8) is 0 Å². The van der Waals surface area contributed by atoms with Crippen molar-refractivity contribution in [2.45, 2.75) is 19.8 Å². The van der Waals surface area contributed by atoms with Gasteiger partial charge in [-0.3, -0.25) is 4.79 Å². The van der Waals surface area contributed by atoms with Crippen LogP contribution in [0.25, 0.3) is 0 Å². The molecule has 0 bridgehead atoms. The van der Waals surface area contributed by atoms with Gasteiger partial charge in [-0.05, 0) is 11.8 Å². The molecule has 3 atom stereocenters. The number of nitrogens with zero attached hydrogens (tertiary/aromatic N) is 2. The molecule has 1 aliphatic rings. The predicted octanol–water partition coefficient (Wildman–Crippen LogP) is 1.25. The molecule has 64 valence electrons. The van der Waals surface area contributed by atoms with Gasteiger partial charge in [-0.2, -0.15) is 4.98 Å². The molecular formula is C8H10N2O2. The second kappa shape index (κ2) is 2.40. The van der Waals surface area contributed by atoms with Crippen LogP contribution in [0.15, 0.2) is 4.52 Å². The van der Waals surface area contributed by atoms with Crippen LogP contribution in [-0.2, 0) is 0 Å². The zero-order valence-electron chi connectivity index (χ0n) is 7.02. The van der Waals surface area contributed by atoms with Crippen LogP contribution in [0.3, 0.4) is 0 Å². The van der Waals surface area contributed by atoms with Crippen LogP contribution in [0.1, 0.15) is 36.3 Å². The molecule has 1 aliphatic carbocycles. The first-order valence-electron chi connectivity index (χ1n) is 4.03. The van der Waals surface area contributed by atoms with E-state index in [2.05, 4.69) is 24.0 Å². The zero-order chi connectivity index (χ0) is 8.72. The Kier molecular flexibility index (Phi) is 1.49. The largest absolute Gasteiger partial charge is 0.339 e. The zero-order valence-corrected chi connectivity index (χ0v) is 7.02. The van der Waals surface area contributed by atoms with Crippen LogP contribution >= 0.6 is 0 Å². The van der Waals surface area contributed by atoms with Gasteiger partial charge in [-0.15, -0.1) is 0 Å². The minimum Gasteiger partial charge on any atom is -0.339 e. The van der Waals surface area contributed by atoms with E-state index >= 15 is 0 Å². The molecule has 0 radical (unpaired) electrons. The van der Waals surface area contributed by atoms with E-state index in [4.69, 9.17) is 4.52 Å². The summed E-state index contributed by atoms with van der Waals surface area (Å²) in [5.74, 6) is 2.33. The first kappa shape index (κ1) is 7.46. The lowest BCUT2D eigenvalue weighted by Crippen LogP contribution is -1.84. The average molecular weight is 166 g/mol. The quantitative estimate of drug-likeness (QED) is 0.620. The highest BCUT2D eigenvalue weighted by atomic mass is 16.5. The topological polar surface area (TPSA) is 56.0 Å². The lowest BCUT2D eigenvalue weighted by atomic mass is 10.3. The van der Waals surface area contributed by atoms with Crippen molar-refractivity contribution in [1.82, 2.24) is 10.1 Å². The van der Waals surface area contributed by atoms with Crippen LogP contribution in [0, 0.1) is 11.8 Å². The Morgan fingerprint density at radius 1 is 1.42 bits per heavy atom. The van der Waals surface area contributed by atoms with Crippen molar-refractivity contribution in [3.8, 4) is 0 Å². The van der Waals surface area contributed by atoms with E-state index in [1.807, 2.05) is 0 Å². The molecule has 0 aromatic carbocycles. The summed E-state index contributed by atoms with van der Waals surface area (Å²) in [6.07, 6.45) is 0.602. The fourth-order valence-corrected chi connectivity index (χ4v) is 1.54. The molecule has 1 saturated carbocycles. The van der Waals surface area contributed by atoms with Crippen molar-refractivity contribution >= 4 is 6.29 Å². The second-order valence-electron chi connectivity index (χ2n) is 3.35. The van der Waals surface area contributed by atoms with Gasteiger partial charge in [-0.25, -0.2) is 0 Å². The van der Waals surface area contributed by atoms with Crippen molar-refractivity contribution in [2.24, 2.45) is 11.8 Å². The number of carbonyl (C=O) groups is 1. The van der Waals surface area contributed by atoms with Gasteiger partial charge in [0.05, 0.1) is 0 Å². The van der Waals surface area contributed by atoms with Gasteiger partial charge < -0.3 is 4.52 Å². The van der Waals surface area contributed by atoms with Crippen molar-refractivity contribution in [2.75, 3.05) is 0 Å². The summed E-state index contributed by atoms with van der Waals surface area (Å²) in [6, 6.07) is 0. The highest BCUT2D eigenvalue weighted by Gasteiger charge is 2.47. The fourth-order valence-electron chi connectivity index (χ4n) is 1.54. The molecule has 0 amide bonds. The van der Waals surface area contributed by atoms with Gasteiger partial charge in [0.1, 0.15) is 0 Å². The van der Waals surface area contributed by atoms with Crippen LogP contribution in [-0.4, -0.2) is 16.4 Å². The van der Waals surface area contributed by atoms with Crippen LogP contribution in [0.4, 0.5) is 0 Å². The number of aldehydes is 1. The molecule has 4 heteroatoms. The minimum absolute atomic E-state index is 0.149. The van der Waals surface area contributed by atoms with E-state index in [1.54, 1.807) is 0 Å². The number of hydrogen-bond acceptors (Lipinski definition) is 4. The molecule has 2 rings (SSSR count). The third kappa shape index (κ3) is 0.948. The third-order valence-corrected chi connectivity index (χ3v) is 2.67. The molecular weight excluding hydrogens is 156 g/mol.